The Morgan fingerprint density at radius 3 is 1.81 bits per heavy atom. The third-order valence-corrected chi connectivity index (χ3v) is 10.3. The van der Waals surface area contributed by atoms with Crippen LogP contribution < -0.4 is 32.3 Å². The van der Waals surface area contributed by atoms with Crippen LogP contribution in [0.1, 0.15) is 40.7 Å². The van der Waals surface area contributed by atoms with Gasteiger partial charge in [0.25, 0.3) is 0 Å². The first kappa shape index (κ1) is 43.7. The van der Waals surface area contributed by atoms with E-state index in [9.17, 15) is 24.0 Å². The number of hydrogen-bond acceptors (Lipinski definition) is 9. The number of nitrogens with two attached hydrogens (primary N) is 1. The predicted octanol–water partition coefficient (Wildman–Crippen LogP) is 2.86. The Morgan fingerprint density at radius 2 is 1.24 bits per heavy atom. The van der Waals surface area contributed by atoms with Gasteiger partial charge in [-0.2, -0.15) is 0 Å². The van der Waals surface area contributed by atoms with Crippen molar-refractivity contribution in [1.82, 2.24) is 25.8 Å². The fourth-order valence-corrected chi connectivity index (χ4v) is 6.79. The summed E-state index contributed by atoms with van der Waals surface area (Å²) in [5.74, 6) is -1.44. The highest BCUT2D eigenvalue weighted by molar-refractivity contribution is 5.95. The van der Waals surface area contributed by atoms with E-state index in [1.165, 1.54) is 0 Å². The number of carbonyl (C=O) groups excluding carboxylic acids is 5. The first-order valence-corrected chi connectivity index (χ1v) is 20.0. The first-order valence-electron chi connectivity index (χ1n) is 20.0. The molecule has 5 rings (SSSR count). The summed E-state index contributed by atoms with van der Waals surface area (Å²) in [5.41, 5.74) is 10.8. The van der Waals surface area contributed by atoms with Crippen molar-refractivity contribution < 1.29 is 24.0 Å². The van der Waals surface area contributed by atoms with Crippen molar-refractivity contribution in [2.75, 3.05) is 56.9 Å². The van der Waals surface area contributed by atoms with Gasteiger partial charge in [0.15, 0.2) is 0 Å². The molecule has 310 valence electrons. The van der Waals surface area contributed by atoms with Crippen LogP contribution >= 0.6 is 0 Å². The van der Waals surface area contributed by atoms with E-state index in [-0.39, 0.29) is 43.5 Å². The Labute approximate surface area is 345 Å². The van der Waals surface area contributed by atoms with Crippen LogP contribution in [0.3, 0.4) is 0 Å². The van der Waals surface area contributed by atoms with E-state index in [1.54, 1.807) is 36.4 Å². The molecule has 4 aromatic rings. The molecule has 1 fully saturated rings. The minimum absolute atomic E-state index is 0.0600. The van der Waals surface area contributed by atoms with Gasteiger partial charge in [-0.05, 0) is 46.5 Å². The van der Waals surface area contributed by atoms with Crippen LogP contribution in [0.5, 0.6) is 0 Å². The number of aldehydes is 1. The van der Waals surface area contributed by atoms with Crippen LogP contribution in [0.15, 0.2) is 103 Å². The molecule has 0 spiro atoms. The summed E-state index contributed by atoms with van der Waals surface area (Å²) in [4.78, 5) is 69.3. The molecule has 0 radical (unpaired) electrons. The average Bonchev–Trinajstić information content (AvgIpc) is 3.25. The highest BCUT2D eigenvalue weighted by atomic mass is 16.2. The number of rotatable bonds is 21. The summed E-state index contributed by atoms with van der Waals surface area (Å²) >= 11 is 0. The van der Waals surface area contributed by atoms with Crippen molar-refractivity contribution in [3.8, 4) is 0 Å². The van der Waals surface area contributed by atoms with Gasteiger partial charge in [-0.15, -0.1) is 0 Å². The standard InChI is InChI=1S/C45H55N9O5/c1-48-37-16-10-33(11-17-37)29-40(51-42(57)30-32-6-3-2-4-7-32)45(59)52-39(44(58)49-31-35-8-14-36(15-9-35)43(46)47)28-34-12-18-38(19-13-34)50-41(56)20-22-54-25-23-53(24-26-54)21-5-27-55/h2-4,6-19,27,39-40,48H,5,20-26,28-31H2,1H3,(H3,46,47)(H,49,58)(H,50,56)(H,51,57)(H,52,59). The molecule has 1 saturated heterocycles. The molecule has 14 nitrogen and oxygen atoms in total. The molecule has 1 aliphatic rings. The molecule has 59 heavy (non-hydrogen) atoms. The van der Waals surface area contributed by atoms with Crippen LogP contribution in [-0.4, -0.2) is 104 Å². The maximum Gasteiger partial charge on any atom is 0.243 e. The minimum atomic E-state index is -1.02. The second kappa shape index (κ2) is 22.5. The molecule has 0 aromatic heterocycles. The minimum Gasteiger partial charge on any atom is -0.388 e. The predicted molar refractivity (Wildman–Crippen MR) is 230 cm³/mol. The fraction of sp³-hybridized carbons (Fsp3) is 0.333. The number of amidine groups is 1. The van der Waals surface area contributed by atoms with Crippen molar-refractivity contribution in [3.05, 3.63) is 131 Å². The van der Waals surface area contributed by atoms with Gasteiger partial charge in [0, 0.05) is 95.5 Å². The number of anilines is 2. The topological polar surface area (TPSA) is 202 Å². The Kier molecular flexibility index (Phi) is 16.7. The van der Waals surface area contributed by atoms with Gasteiger partial charge in [-0.25, -0.2) is 0 Å². The van der Waals surface area contributed by atoms with Gasteiger partial charge in [0.05, 0.1) is 6.42 Å². The summed E-state index contributed by atoms with van der Waals surface area (Å²) in [7, 11) is 1.82. The summed E-state index contributed by atoms with van der Waals surface area (Å²) in [6.07, 6.45) is 2.22. The Balaban J connectivity index is 1.26. The van der Waals surface area contributed by atoms with Crippen LogP contribution in [0.25, 0.3) is 0 Å². The Hall–Kier alpha value is -6.38. The van der Waals surface area contributed by atoms with E-state index in [1.807, 2.05) is 73.8 Å². The molecule has 4 amide bonds. The van der Waals surface area contributed by atoms with Gasteiger partial charge in [-0.1, -0.05) is 78.9 Å². The molecular weight excluding hydrogens is 747 g/mol. The maximum absolute atomic E-state index is 14.1. The average molecular weight is 802 g/mol. The smallest absolute Gasteiger partial charge is 0.243 e. The number of nitrogens with one attached hydrogen (secondary N) is 6. The third-order valence-electron chi connectivity index (χ3n) is 10.3. The lowest BCUT2D eigenvalue weighted by atomic mass is 10.0. The van der Waals surface area contributed by atoms with E-state index >= 15 is 0 Å². The molecule has 0 aliphatic carbocycles. The normalized spacial score (nSPS) is 14.0. The second-order valence-corrected chi connectivity index (χ2v) is 14.7. The highest BCUT2D eigenvalue weighted by Crippen LogP contribution is 2.15. The van der Waals surface area contributed by atoms with E-state index in [2.05, 4.69) is 36.4 Å². The molecule has 1 heterocycles. The summed E-state index contributed by atoms with van der Waals surface area (Å²) in [6.45, 7) is 5.02. The molecule has 1 aliphatic heterocycles. The molecule has 4 aromatic carbocycles. The van der Waals surface area contributed by atoms with E-state index in [4.69, 9.17) is 11.1 Å². The molecule has 14 heteroatoms. The maximum atomic E-state index is 14.1. The van der Waals surface area contributed by atoms with E-state index in [0.717, 1.165) is 67.0 Å². The summed E-state index contributed by atoms with van der Waals surface area (Å²) < 4.78 is 0. The number of hydrogen-bond donors (Lipinski definition) is 7. The van der Waals surface area contributed by atoms with Crippen molar-refractivity contribution in [2.24, 2.45) is 5.73 Å². The van der Waals surface area contributed by atoms with E-state index < -0.39 is 23.9 Å². The van der Waals surface area contributed by atoms with Gasteiger partial charge in [-0.3, -0.25) is 24.6 Å². The molecule has 2 atom stereocenters. The fourth-order valence-electron chi connectivity index (χ4n) is 6.79. The quantitative estimate of drug-likeness (QED) is 0.0376. The van der Waals surface area contributed by atoms with Crippen molar-refractivity contribution in [3.63, 3.8) is 0 Å². The summed E-state index contributed by atoms with van der Waals surface area (Å²) in [6, 6.07) is 28.9. The van der Waals surface area contributed by atoms with Crippen LogP contribution in [-0.2, 0) is 49.8 Å². The zero-order valence-corrected chi connectivity index (χ0v) is 33.5. The molecule has 8 N–H and O–H groups in total. The van der Waals surface area contributed by atoms with Crippen molar-refractivity contribution >= 4 is 47.1 Å². The second-order valence-electron chi connectivity index (χ2n) is 14.7. The van der Waals surface area contributed by atoms with Gasteiger partial charge in [0.2, 0.25) is 23.6 Å². The number of piperazine rings is 1. The number of benzene rings is 4. The number of carbonyl (C=O) groups is 5. The number of amides is 4. The molecule has 0 bridgehead atoms. The monoisotopic (exact) mass is 801 g/mol. The summed E-state index contributed by atoms with van der Waals surface area (Å²) in [5, 5.41) is 22.5. The van der Waals surface area contributed by atoms with Gasteiger partial charge >= 0.3 is 0 Å². The van der Waals surface area contributed by atoms with Crippen LogP contribution in [0, 0.1) is 5.41 Å². The zero-order valence-electron chi connectivity index (χ0n) is 33.5. The Morgan fingerprint density at radius 1 is 0.678 bits per heavy atom. The molecular formula is C45H55N9O5. The first-order chi connectivity index (χ1) is 28.6. The SMILES string of the molecule is CNc1ccc(CC(NC(=O)Cc2ccccc2)C(=O)NC(Cc2ccc(NC(=O)CCN3CCN(CCC=O)CC3)cc2)C(=O)NCc2ccc(C(=N)N)cc2)cc1. The number of nitrogen functional groups attached to an aromatic ring is 1. The molecule has 0 saturated carbocycles. The van der Waals surface area contributed by atoms with Gasteiger partial charge in [0.1, 0.15) is 24.2 Å². The van der Waals surface area contributed by atoms with Crippen LogP contribution in [0.2, 0.25) is 0 Å². The van der Waals surface area contributed by atoms with Crippen LogP contribution in [0.4, 0.5) is 11.4 Å². The molecule has 2 unspecified atom stereocenters. The lowest BCUT2D eigenvalue weighted by Gasteiger charge is -2.34. The third kappa shape index (κ3) is 14.5. The lowest BCUT2D eigenvalue weighted by molar-refractivity contribution is -0.132. The van der Waals surface area contributed by atoms with Gasteiger partial charge < -0.3 is 46.9 Å². The van der Waals surface area contributed by atoms with E-state index in [0.29, 0.717) is 30.6 Å². The van der Waals surface area contributed by atoms with Crippen molar-refractivity contribution in [1.29, 1.82) is 5.41 Å². The van der Waals surface area contributed by atoms with Crippen molar-refractivity contribution in [2.45, 2.75) is 50.7 Å². The highest BCUT2D eigenvalue weighted by Gasteiger charge is 2.28. The number of nitrogens with zero attached hydrogens (tertiary/aromatic N) is 2. The zero-order chi connectivity index (χ0) is 42.0. The Bertz CT molecular complexity index is 2000. The lowest BCUT2D eigenvalue weighted by Crippen LogP contribution is -2.55. The largest absolute Gasteiger partial charge is 0.388 e.